The van der Waals surface area contributed by atoms with Crippen molar-refractivity contribution in [2.24, 2.45) is 0 Å². The summed E-state index contributed by atoms with van der Waals surface area (Å²) in [4.78, 5) is 13.1. The molecule has 0 bridgehead atoms. The molecule has 0 fully saturated rings. The Hall–Kier alpha value is -2.07. The van der Waals surface area contributed by atoms with Crippen molar-refractivity contribution < 1.29 is 14.1 Å². The Bertz CT molecular complexity index is 523. The van der Waals surface area contributed by atoms with Gasteiger partial charge in [-0.05, 0) is 24.6 Å². The summed E-state index contributed by atoms with van der Waals surface area (Å²) in [5.74, 6) is 0.941. The molecule has 1 aromatic carbocycles. The summed E-state index contributed by atoms with van der Waals surface area (Å²) in [5.41, 5.74) is 1.12. The van der Waals surface area contributed by atoms with Gasteiger partial charge in [0.1, 0.15) is 6.54 Å². The average Bonchev–Trinajstić information content (AvgIpc) is 2.92. The van der Waals surface area contributed by atoms with Crippen LogP contribution in [0.4, 0.5) is 0 Å². The molecule has 106 valence electrons. The van der Waals surface area contributed by atoms with E-state index in [0.29, 0.717) is 13.1 Å². The zero-order chi connectivity index (χ0) is 14.4. The maximum Gasteiger partial charge on any atom is 0.275 e. The predicted octanol–water partition coefficient (Wildman–Crippen LogP) is 1.17. The van der Waals surface area contributed by atoms with Crippen molar-refractivity contribution in [3.8, 4) is 0 Å². The lowest BCUT2D eigenvalue weighted by atomic mass is 10.1. The van der Waals surface area contributed by atoms with Crippen LogP contribution in [0, 0.1) is 0 Å². The number of hydrogen-bond donors (Lipinski definition) is 2. The van der Waals surface area contributed by atoms with Crippen LogP contribution in [0.3, 0.4) is 0 Å². The number of likely N-dealkylation sites (N-methyl/N-ethyl adjacent to an activating group) is 1. The SMILES string of the molecule is C[C@H](NC(=O)C[NH+](C)Cc1ccco1)c1ccccc1. The molecular formula is C16H21N2O2+. The number of quaternary nitrogens is 1. The third-order valence-electron chi connectivity index (χ3n) is 3.20. The largest absolute Gasteiger partial charge is 0.463 e. The standard InChI is InChI=1S/C16H20N2O2/c1-13(14-7-4-3-5-8-14)17-16(19)12-18(2)11-15-9-6-10-20-15/h3-10,13H,11-12H2,1-2H3,(H,17,19)/p+1/t13-/m0/s1. The molecule has 20 heavy (non-hydrogen) atoms. The fraction of sp³-hybridized carbons (Fsp3) is 0.312. The van der Waals surface area contributed by atoms with Crippen molar-refractivity contribution in [1.82, 2.24) is 5.32 Å². The van der Waals surface area contributed by atoms with E-state index in [0.717, 1.165) is 16.2 Å². The lowest BCUT2D eigenvalue weighted by molar-refractivity contribution is -0.886. The molecule has 4 nitrogen and oxygen atoms in total. The number of hydrogen-bond acceptors (Lipinski definition) is 2. The van der Waals surface area contributed by atoms with E-state index in [1.807, 2.05) is 56.4 Å². The lowest BCUT2D eigenvalue weighted by Crippen LogP contribution is -3.08. The summed E-state index contributed by atoms with van der Waals surface area (Å²) in [7, 11) is 1.98. The van der Waals surface area contributed by atoms with Gasteiger partial charge < -0.3 is 14.6 Å². The molecule has 2 rings (SSSR count). The normalized spacial score (nSPS) is 13.7. The van der Waals surface area contributed by atoms with Crippen LogP contribution in [0.15, 0.2) is 53.1 Å². The van der Waals surface area contributed by atoms with E-state index in [-0.39, 0.29) is 11.9 Å². The molecule has 4 heteroatoms. The van der Waals surface area contributed by atoms with Crippen molar-refractivity contribution in [3.63, 3.8) is 0 Å². The van der Waals surface area contributed by atoms with Crippen LogP contribution in [0.2, 0.25) is 0 Å². The Labute approximate surface area is 119 Å². The fourth-order valence-electron chi connectivity index (χ4n) is 2.16. The molecule has 0 spiro atoms. The van der Waals surface area contributed by atoms with Gasteiger partial charge in [-0.3, -0.25) is 4.79 Å². The van der Waals surface area contributed by atoms with Crippen LogP contribution in [-0.4, -0.2) is 19.5 Å². The molecular weight excluding hydrogens is 252 g/mol. The molecule has 0 aliphatic rings. The summed E-state index contributed by atoms with van der Waals surface area (Å²) >= 11 is 0. The monoisotopic (exact) mass is 273 g/mol. The summed E-state index contributed by atoms with van der Waals surface area (Å²) in [6.45, 7) is 3.13. The van der Waals surface area contributed by atoms with E-state index in [2.05, 4.69) is 5.32 Å². The second kappa shape index (κ2) is 6.91. The molecule has 1 unspecified atom stereocenters. The van der Waals surface area contributed by atoms with Crippen LogP contribution < -0.4 is 10.2 Å². The number of amides is 1. The topological polar surface area (TPSA) is 46.7 Å². The second-order valence-corrected chi connectivity index (χ2v) is 5.09. The maximum atomic E-state index is 12.0. The summed E-state index contributed by atoms with van der Waals surface area (Å²) in [6.07, 6.45) is 1.65. The van der Waals surface area contributed by atoms with Crippen LogP contribution in [0.5, 0.6) is 0 Å². The summed E-state index contributed by atoms with van der Waals surface area (Å²) in [5, 5.41) is 3.02. The molecule has 1 amide bonds. The van der Waals surface area contributed by atoms with Gasteiger partial charge in [0.05, 0.1) is 19.4 Å². The van der Waals surface area contributed by atoms with Crippen LogP contribution in [0.25, 0.3) is 0 Å². The predicted molar refractivity (Wildman–Crippen MR) is 77.2 cm³/mol. The summed E-state index contributed by atoms with van der Waals surface area (Å²) < 4.78 is 5.28. The molecule has 0 aliphatic carbocycles. The second-order valence-electron chi connectivity index (χ2n) is 5.09. The van der Waals surface area contributed by atoms with Crippen molar-refractivity contribution in [2.75, 3.05) is 13.6 Å². The third-order valence-corrected chi connectivity index (χ3v) is 3.20. The molecule has 0 saturated carbocycles. The van der Waals surface area contributed by atoms with Crippen molar-refractivity contribution in [2.45, 2.75) is 19.5 Å². The highest BCUT2D eigenvalue weighted by Gasteiger charge is 2.14. The van der Waals surface area contributed by atoms with E-state index in [9.17, 15) is 4.79 Å². The maximum absolute atomic E-state index is 12.0. The van der Waals surface area contributed by atoms with Gasteiger partial charge in [-0.25, -0.2) is 0 Å². The van der Waals surface area contributed by atoms with E-state index >= 15 is 0 Å². The molecule has 2 atom stereocenters. The first-order chi connectivity index (χ1) is 9.65. The Morgan fingerprint density at radius 3 is 2.65 bits per heavy atom. The molecule has 2 aromatic rings. The minimum atomic E-state index is 0.0279. The van der Waals surface area contributed by atoms with Crippen LogP contribution in [0.1, 0.15) is 24.3 Å². The molecule has 1 aromatic heterocycles. The highest BCUT2D eigenvalue weighted by molar-refractivity contribution is 5.77. The number of carbonyl (C=O) groups is 1. The van der Waals surface area contributed by atoms with E-state index < -0.39 is 0 Å². The van der Waals surface area contributed by atoms with E-state index in [4.69, 9.17) is 4.42 Å². The fourth-order valence-corrected chi connectivity index (χ4v) is 2.16. The number of carbonyl (C=O) groups excluding carboxylic acids is 1. The first kappa shape index (κ1) is 14.3. The van der Waals surface area contributed by atoms with Gasteiger partial charge in [0.15, 0.2) is 12.3 Å². The first-order valence-corrected chi connectivity index (χ1v) is 6.83. The van der Waals surface area contributed by atoms with Crippen LogP contribution in [-0.2, 0) is 11.3 Å². The molecule has 0 aliphatic heterocycles. The van der Waals surface area contributed by atoms with Gasteiger partial charge in [0, 0.05) is 0 Å². The number of benzene rings is 1. The van der Waals surface area contributed by atoms with Crippen molar-refractivity contribution >= 4 is 5.91 Å². The molecule has 2 N–H and O–H groups in total. The van der Waals surface area contributed by atoms with Gasteiger partial charge in [0.25, 0.3) is 5.91 Å². The van der Waals surface area contributed by atoms with Gasteiger partial charge in [0.2, 0.25) is 0 Å². The van der Waals surface area contributed by atoms with Crippen molar-refractivity contribution in [1.29, 1.82) is 0 Å². The Morgan fingerprint density at radius 1 is 1.25 bits per heavy atom. The third kappa shape index (κ3) is 4.24. The number of furan rings is 1. The van der Waals surface area contributed by atoms with Gasteiger partial charge in [-0.2, -0.15) is 0 Å². The van der Waals surface area contributed by atoms with Crippen molar-refractivity contribution in [3.05, 3.63) is 60.1 Å². The highest BCUT2D eigenvalue weighted by Crippen LogP contribution is 2.10. The summed E-state index contributed by atoms with van der Waals surface area (Å²) in [6, 6.07) is 13.8. The van der Waals surface area contributed by atoms with Crippen LogP contribution >= 0.6 is 0 Å². The molecule has 1 heterocycles. The average molecular weight is 273 g/mol. The zero-order valence-electron chi connectivity index (χ0n) is 11.9. The minimum absolute atomic E-state index is 0.0279. The first-order valence-electron chi connectivity index (χ1n) is 6.83. The van der Waals surface area contributed by atoms with E-state index in [1.54, 1.807) is 6.26 Å². The molecule has 0 radical (unpaired) electrons. The zero-order valence-corrected chi connectivity index (χ0v) is 11.9. The Morgan fingerprint density at radius 2 is 2.00 bits per heavy atom. The lowest BCUT2D eigenvalue weighted by Gasteiger charge is -2.16. The Kier molecular flexibility index (Phi) is 4.96. The smallest absolute Gasteiger partial charge is 0.275 e. The highest BCUT2D eigenvalue weighted by atomic mass is 16.3. The molecule has 0 saturated heterocycles. The number of rotatable bonds is 6. The quantitative estimate of drug-likeness (QED) is 0.830. The number of nitrogens with one attached hydrogen (secondary N) is 2. The van der Waals surface area contributed by atoms with Gasteiger partial charge in [-0.1, -0.05) is 30.3 Å². The van der Waals surface area contributed by atoms with Gasteiger partial charge >= 0.3 is 0 Å². The Balaban J connectivity index is 1.80. The minimum Gasteiger partial charge on any atom is -0.463 e. The van der Waals surface area contributed by atoms with Gasteiger partial charge in [-0.15, -0.1) is 0 Å². The van der Waals surface area contributed by atoms with E-state index in [1.165, 1.54) is 0 Å².